The van der Waals surface area contributed by atoms with Crippen molar-refractivity contribution < 1.29 is 13.5 Å². The van der Waals surface area contributed by atoms with Gasteiger partial charge in [-0.1, -0.05) is 6.07 Å². The van der Waals surface area contributed by atoms with Crippen LogP contribution in [0.25, 0.3) is 0 Å². The van der Waals surface area contributed by atoms with Crippen molar-refractivity contribution in [2.75, 3.05) is 12.3 Å². The summed E-state index contributed by atoms with van der Waals surface area (Å²) < 4.78 is 27.8. The van der Waals surface area contributed by atoms with Crippen LogP contribution >= 0.6 is 27.7 Å². The number of aliphatic hydroxyl groups excluding tert-OH is 1. The average molecular weight is 380 g/mol. The Hall–Kier alpha value is -0.0800. The van der Waals surface area contributed by atoms with E-state index in [0.717, 1.165) is 18.6 Å². The monoisotopic (exact) mass is 379 g/mol. The van der Waals surface area contributed by atoms with Gasteiger partial charge in [0.15, 0.2) is 0 Å². The van der Waals surface area contributed by atoms with E-state index in [2.05, 4.69) is 27.6 Å². The Morgan fingerprint density at radius 3 is 2.80 bits per heavy atom. The molecule has 0 bridgehead atoms. The zero-order valence-electron chi connectivity index (χ0n) is 11.2. The minimum Gasteiger partial charge on any atom is -0.392 e. The predicted molar refractivity (Wildman–Crippen MR) is 85.4 cm³/mol. The third kappa shape index (κ3) is 3.76. The average Bonchev–Trinajstić information content (AvgIpc) is 2.84. The van der Waals surface area contributed by atoms with Crippen molar-refractivity contribution in [2.45, 2.75) is 36.0 Å². The normalized spacial score (nSPS) is 23.1. The number of thioether (sulfide) groups is 1. The van der Waals surface area contributed by atoms with E-state index in [9.17, 15) is 8.42 Å². The molecule has 2 rings (SSSR count). The summed E-state index contributed by atoms with van der Waals surface area (Å²) in [7, 11) is -3.53. The van der Waals surface area contributed by atoms with Crippen LogP contribution in [0.5, 0.6) is 0 Å². The Labute approximate surface area is 132 Å². The van der Waals surface area contributed by atoms with Crippen LogP contribution in [-0.2, 0) is 16.6 Å². The molecule has 20 heavy (non-hydrogen) atoms. The minimum absolute atomic E-state index is 0.00934. The van der Waals surface area contributed by atoms with Crippen molar-refractivity contribution in [2.24, 2.45) is 0 Å². The number of nitrogens with one attached hydrogen (secondary N) is 1. The van der Waals surface area contributed by atoms with Gasteiger partial charge in [0.2, 0.25) is 10.0 Å². The number of rotatable bonds is 5. The molecule has 4 nitrogen and oxygen atoms in total. The summed E-state index contributed by atoms with van der Waals surface area (Å²) in [5, 5.41) is 9.05. The van der Waals surface area contributed by atoms with E-state index in [0.29, 0.717) is 16.6 Å². The highest BCUT2D eigenvalue weighted by molar-refractivity contribution is 9.10. The summed E-state index contributed by atoms with van der Waals surface area (Å²) in [5.74, 6) is 1.09. The molecule has 0 amide bonds. The number of sulfonamides is 1. The van der Waals surface area contributed by atoms with Gasteiger partial charge in [-0.2, -0.15) is 11.8 Å². The van der Waals surface area contributed by atoms with Crippen LogP contribution in [0, 0.1) is 0 Å². The summed E-state index contributed by atoms with van der Waals surface area (Å²) in [6.45, 7) is 2.42. The molecule has 1 aliphatic heterocycles. The van der Waals surface area contributed by atoms with Gasteiger partial charge in [0.1, 0.15) is 0 Å². The van der Waals surface area contributed by atoms with Crippen LogP contribution in [0.2, 0.25) is 0 Å². The van der Waals surface area contributed by atoms with E-state index in [1.54, 1.807) is 12.1 Å². The summed E-state index contributed by atoms with van der Waals surface area (Å²) in [5.41, 5.74) is 0.675. The van der Waals surface area contributed by atoms with E-state index < -0.39 is 10.0 Å². The van der Waals surface area contributed by atoms with E-state index in [1.807, 2.05) is 11.8 Å². The smallest absolute Gasteiger partial charge is 0.241 e. The second-order valence-electron chi connectivity index (χ2n) is 5.15. The Bertz CT molecular complexity index is 583. The topological polar surface area (TPSA) is 66.4 Å². The molecule has 1 saturated heterocycles. The largest absolute Gasteiger partial charge is 0.392 e. The lowest BCUT2D eigenvalue weighted by Gasteiger charge is -2.23. The highest BCUT2D eigenvalue weighted by Gasteiger charge is 2.31. The fourth-order valence-electron chi connectivity index (χ4n) is 2.16. The summed E-state index contributed by atoms with van der Waals surface area (Å²) in [4.78, 5) is 0.210. The zero-order valence-corrected chi connectivity index (χ0v) is 14.4. The molecule has 7 heteroatoms. The Morgan fingerprint density at radius 1 is 1.50 bits per heavy atom. The molecule has 1 heterocycles. The fourth-order valence-corrected chi connectivity index (χ4v) is 5.79. The van der Waals surface area contributed by atoms with Crippen LogP contribution < -0.4 is 4.72 Å². The lowest BCUT2D eigenvalue weighted by molar-refractivity contribution is 0.281. The number of hydrogen-bond donors (Lipinski definition) is 2. The summed E-state index contributed by atoms with van der Waals surface area (Å²) in [6.07, 6.45) is 2.17. The Kier molecular flexibility index (Phi) is 5.18. The lowest BCUT2D eigenvalue weighted by Crippen LogP contribution is -2.36. The van der Waals surface area contributed by atoms with Crippen LogP contribution in [0.15, 0.2) is 27.6 Å². The molecular formula is C13H18BrNO3S2. The second-order valence-corrected chi connectivity index (χ2v) is 9.42. The molecule has 2 N–H and O–H groups in total. The fraction of sp³-hybridized carbons (Fsp3) is 0.538. The first-order valence-electron chi connectivity index (χ1n) is 6.39. The third-order valence-electron chi connectivity index (χ3n) is 3.40. The van der Waals surface area contributed by atoms with E-state index >= 15 is 0 Å². The molecule has 0 radical (unpaired) electrons. The molecule has 1 fully saturated rings. The summed E-state index contributed by atoms with van der Waals surface area (Å²) >= 11 is 5.07. The van der Waals surface area contributed by atoms with Crippen molar-refractivity contribution >= 4 is 37.7 Å². The number of hydrogen-bond acceptors (Lipinski definition) is 4. The van der Waals surface area contributed by atoms with E-state index in [-0.39, 0.29) is 16.2 Å². The van der Waals surface area contributed by atoms with Gasteiger partial charge >= 0.3 is 0 Å². The van der Waals surface area contributed by atoms with Crippen LogP contribution in [0.1, 0.15) is 25.3 Å². The van der Waals surface area contributed by atoms with Crippen molar-refractivity contribution in [3.8, 4) is 0 Å². The molecule has 0 spiro atoms. The van der Waals surface area contributed by atoms with E-state index in [1.165, 1.54) is 6.07 Å². The molecular weight excluding hydrogens is 362 g/mol. The molecule has 1 unspecified atom stereocenters. The summed E-state index contributed by atoms with van der Waals surface area (Å²) in [6, 6.07) is 4.76. The van der Waals surface area contributed by atoms with Crippen molar-refractivity contribution in [1.29, 1.82) is 0 Å². The van der Waals surface area contributed by atoms with Crippen molar-refractivity contribution in [3.63, 3.8) is 0 Å². The SMILES string of the molecule is CC1(CNS(=O)(=O)c2ccc(CO)cc2Br)CCCS1. The van der Waals surface area contributed by atoms with E-state index in [4.69, 9.17) is 5.11 Å². The van der Waals surface area contributed by atoms with Gasteiger partial charge in [-0.3, -0.25) is 0 Å². The second kappa shape index (κ2) is 6.36. The van der Waals surface area contributed by atoms with Crippen LogP contribution in [0.3, 0.4) is 0 Å². The number of halogens is 1. The van der Waals surface area contributed by atoms with Crippen LogP contribution in [0.4, 0.5) is 0 Å². The highest BCUT2D eigenvalue weighted by Crippen LogP contribution is 2.37. The van der Waals surface area contributed by atoms with Gasteiger partial charge in [-0.15, -0.1) is 0 Å². The first-order chi connectivity index (χ1) is 9.36. The molecule has 0 aromatic heterocycles. The number of aliphatic hydroxyl groups is 1. The highest BCUT2D eigenvalue weighted by atomic mass is 79.9. The first kappa shape index (κ1) is 16.3. The Morgan fingerprint density at radius 2 is 2.25 bits per heavy atom. The maximum atomic E-state index is 12.3. The quantitative estimate of drug-likeness (QED) is 0.824. The molecule has 112 valence electrons. The van der Waals surface area contributed by atoms with Gasteiger partial charge in [0.25, 0.3) is 0 Å². The molecule has 0 saturated carbocycles. The van der Waals surface area contributed by atoms with Gasteiger partial charge in [0, 0.05) is 15.8 Å². The van der Waals surface area contributed by atoms with Gasteiger partial charge in [-0.25, -0.2) is 13.1 Å². The maximum absolute atomic E-state index is 12.3. The minimum atomic E-state index is -3.53. The number of benzene rings is 1. The lowest BCUT2D eigenvalue weighted by atomic mass is 10.1. The maximum Gasteiger partial charge on any atom is 0.241 e. The van der Waals surface area contributed by atoms with Crippen LogP contribution in [-0.4, -0.2) is 30.6 Å². The van der Waals surface area contributed by atoms with Gasteiger partial charge < -0.3 is 5.11 Å². The first-order valence-corrected chi connectivity index (χ1v) is 9.65. The molecule has 1 aromatic rings. The molecule has 1 atom stereocenters. The third-order valence-corrected chi connectivity index (χ3v) is 7.32. The van der Waals surface area contributed by atoms with Gasteiger partial charge in [0.05, 0.1) is 11.5 Å². The Balaban J connectivity index is 2.14. The van der Waals surface area contributed by atoms with Crippen molar-refractivity contribution in [1.82, 2.24) is 4.72 Å². The molecule has 1 aliphatic rings. The zero-order chi connectivity index (χ0) is 14.8. The predicted octanol–water partition coefficient (Wildman–Crippen LogP) is 2.51. The standard InChI is InChI=1S/C13H18BrNO3S2/c1-13(5-2-6-19-13)9-15-20(17,18)12-4-3-10(8-16)7-11(12)14/h3-4,7,15-16H,2,5-6,8-9H2,1H3. The molecule has 1 aromatic carbocycles. The van der Waals surface area contributed by atoms with Gasteiger partial charge in [-0.05, 0) is 59.1 Å². The van der Waals surface area contributed by atoms with Crippen molar-refractivity contribution in [3.05, 3.63) is 28.2 Å². The molecule has 0 aliphatic carbocycles.